The highest BCUT2D eigenvalue weighted by atomic mass is 35.5. The average molecular weight is 412 g/mol. The Kier molecular flexibility index (Phi) is 5.38. The second-order valence-electron chi connectivity index (χ2n) is 6.78. The first kappa shape index (κ1) is 19.5. The van der Waals surface area contributed by atoms with E-state index in [0.29, 0.717) is 22.0 Å². The summed E-state index contributed by atoms with van der Waals surface area (Å²) in [5.41, 5.74) is 10.6. The van der Waals surface area contributed by atoms with Crippen LogP contribution in [0.1, 0.15) is 11.1 Å². The van der Waals surface area contributed by atoms with Crippen LogP contribution >= 0.6 is 11.6 Å². The fraction of sp³-hybridized carbons (Fsp3) is 0.0400. The molecular weight excluding hydrogens is 394 g/mol. The SMILES string of the molecule is Cc1c(-c2ccc(Cl)cc2)nc(N)c(C#N)c1-c1cccc(Oc2ccccc2)c1. The molecule has 0 radical (unpaired) electrons. The molecule has 0 saturated carbocycles. The van der Waals surface area contributed by atoms with Gasteiger partial charge in [0, 0.05) is 16.1 Å². The van der Waals surface area contributed by atoms with Crippen LogP contribution in [0.5, 0.6) is 11.5 Å². The lowest BCUT2D eigenvalue weighted by molar-refractivity contribution is 0.483. The maximum atomic E-state index is 9.77. The fourth-order valence-corrected chi connectivity index (χ4v) is 3.52. The minimum atomic E-state index is 0.192. The molecule has 1 heterocycles. The van der Waals surface area contributed by atoms with E-state index < -0.39 is 0 Å². The van der Waals surface area contributed by atoms with Crippen LogP contribution in [0.4, 0.5) is 5.82 Å². The van der Waals surface area contributed by atoms with Crippen LogP contribution in [-0.4, -0.2) is 4.98 Å². The first-order valence-electron chi connectivity index (χ1n) is 9.36. The van der Waals surface area contributed by atoms with Crippen LogP contribution in [0.25, 0.3) is 22.4 Å². The molecule has 5 heteroatoms. The maximum absolute atomic E-state index is 9.77. The quantitative estimate of drug-likeness (QED) is 0.409. The van der Waals surface area contributed by atoms with E-state index in [-0.39, 0.29) is 5.82 Å². The molecule has 30 heavy (non-hydrogen) atoms. The Morgan fingerprint density at radius 1 is 0.900 bits per heavy atom. The zero-order valence-corrected chi connectivity index (χ0v) is 17.0. The number of hydrogen-bond donors (Lipinski definition) is 1. The summed E-state index contributed by atoms with van der Waals surface area (Å²) >= 11 is 6.03. The van der Waals surface area contributed by atoms with Crippen LogP contribution in [0.2, 0.25) is 5.02 Å². The smallest absolute Gasteiger partial charge is 0.142 e. The van der Waals surface area contributed by atoms with Crippen molar-refractivity contribution < 1.29 is 4.74 Å². The summed E-state index contributed by atoms with van der Waals surface area (Å²) in [4.78, 5) is 4.50. The van der Waals surface area contributed by atoms with E-state index in [1.165, 1.54) is 0 Å². The van der Waals surface area contributed by atoms with Gasteiger partial charge in [-0.15, -0.1) is 0 Å². The second kappa shape index (κ2) is 8.28. The largest absolute Gasteiger partial charge is 0.457 e. The Balaban J connectivity index is 1.85. The Morgan fingerprint density at radius 2 is 1.60 bits per heavy atom. The van der Waals surface area contributed by atoms with Crippen molar-refractivity contribution in [1.29, 1.82) is 5.26 Å². The van der Waals surface area contributed by atoms with Gasteiger partial charge >= 0.3 is 0 Å². The Labute approximate surface area is 180 Å². The van der Waals surface area contributed by atoms with Gasteiger partial charge in [0.15, 0.2) is 0 Å². The molecular formula is C25H18ClN3O. The van der Waals surface area contributed by atoms with Crippen molar-refractivity contribution in [2.24, 2.45) is 0 Å². The molecule has 1 aromatic heterocycles. The zero-order valence-electron chi connectivity index (χ0n) is 16.3. The summed E-state index contributed by atoms with van der Waals surface area (Å²) in [5.74, 6) is 1.60. The number of pyridine rings is 1. The minimum absolute atomic E-state index is 0.192. The molecule has 0 aliphatic rings. The predicted octanol–water partition coefficient (Wildman–Crippen LogP) is 6.62. The summed E-state index contributed by atoms with van der Waals surface area (Å²) in [6, 6.07) is 26.8. The van der Waals surface area contributed by atoms with E-state index in [1.807, 2.05) is 73.7 Å². The third kappa shape index (κ3) is 3.84. The molecule has 0 amide bonds. The summed E-state index contributed by atoms with van der Waals surface area (Å²) in [7, 11) is 0. The molecule has 4 nitrogen and oxygen atoms in total. The van der Waals surface area contributed by atoms with Crippen LogP contribution < -0.4 is 10.5 Å². The Morgan fingerprint density at radius 3 is 2.30 bits per heavy atom. The number of nitrogens with zero attached hydrogens (tertiary/aromatic N) is 2. The van der Waals surface area contributed by atoms with Crippen LogP contribution in [0, 0.1) is 18.3 Å². The van der Waals surface area contributed by atoms with Crippen LogP contribution in [0.15, 0.2) is 78.9 Å². The third-order valence-electron chi connectivity index (χ3n) is 4.80. The lowest BCUT2D eigenvalue weighted by Crippen LogP contribution is -2.03. The van der Waals surface area contributed by atoms with Crippen molar-refractivity contribution in [2.75, 3.05) is 5.73 Å². The Bertz CT molecular complexity index is 1250. The first-order valence-corrected chi connectivity index (χ1v) is 9.74. The summed E-state index contributed by atoms with van der Waals surface area (Å²) in [5, 5.41) is 10.4. The maximum Gasteiger partial charge on any atom is 0.142 e. The lowest BCUT2D eigenvalue weighted by Gasteiger charge is -2.16. The molecule has 146 valence electrons. The van der Waals surface area contributed by atoms with Crippen molar-refractivity contribution in [1.82, 2.24) is 4.98 Å². The van der Waals surface area contributed by atoms with Crippen molar-refractivity contribution in [3.8, 4) is 40.0 Å². The van der Waals surface area contributed by atoms with Gasteiger partial charge in [-0.2, -0.15) is 5.26 Å². The molecule has 0 unspecified atom stereocenters. The first-order chi connectivity index (χ1) is 14.6. The number of anilines is 1. The van der Waals surface area contributed by atoms with Gasteiger partial charge < -0.3 is 10.5 Å². The van der Waals surface area contributed by atoms with E-state index in [4.69, 9.17) is 22.1 Å². The van der Waals surface area contributed by atoms with Crippen molar-refractivity contribution >= 4 is 17.4 Å². The van der Waals surface area contributed by atoms with Gasteiger partial charge in [-0.3, -0.25) is 0 Å². The van der Waals surface area contributed by atoms with Gasteiger partial charge in [-0.1, -0.05) is 54.1 Å². The number of aromatic nitrogens is 1. The molecule has 0 aliphatic carbocycles. The van der Waals surface area contributed by atoms with E-state index in [1.54, 1.807) is 12.1 Å². The number of hydrogen-bond acceptors (Lipinski definition) is 4. The van der Waals surface area contributed by atoms with Gasteiger partial charge in [0.1, 0.15) is 28.9 Å². The number of nitriles is 1. The van der Waals surface area contributed by atoms with E-state index in [0.717, 1.165) is 28.0 Å². The summed E-state index contributed by atoms with van der Waals surface area (Å²) < 4.78 is 5.97. The van der Waals surface area contributed by atoms with Gasteiger partial charge in [-0.25, -0.2) is 4.98 Å². The summed E-state index contributed by atoms with van der Waals surface area (Å²) in [6.45, 7) is 1.94. The minimum Gasteiger partial charge on any atom is -0.457 e. The number of ether oxygens (including phenoxy) is 1. The van der Waals surface area contributed by atoms with Gasteiger partial charge in [0.25, 0.3) is 0 Å². The number of benzene rings is 3. The lowest BCUT2D eigenvalue weighted by atomic mass is 9.92. The fourth-order valence-electron chi connectivity index (χ4n) is 3.40. The van der Waals surface area contributed by atoms with Crippen molar-refractivity contribution in [3.05, 3.63) is 95.0 Å². The number of rotatable bonds is 4. The third-order valence-corrected chi connectivity index (χ3v) is 5.05. The molecule has 0 saturated heterocycles. The number of halogens is 1. The molecule has 4 rings (SSSR count). The normalized spacial score (nSPS) is 10.4. The van der Waals surface area contributed by atoms with Gasteiger partial charge in [0.2, 0.25) is 0 Å². The number of nitrogen functional groups attached to an aromatic ring is 1. The predicted molar refractivity (Wildman–Crippen MR) is 120 cm³/mol. The van der Waals surface area contributed by atoms with Crippen molar-refractivity contribution in [3.63, 3.8) is 0 Å². The number of nitrogens with two attached hydrogens (primary N) is 1. The highest BCUT2D eigenvalue weighted by Crippen LogP contribution is 2.37. The molecule has 0 atom stereocenters. The highest BCUT2D eigenvalue weighted by molar-refractivity contribution is 6.30. The average Bonchev–Trinajstić information content (AvgIpc) is 2.76. The molecule has 2 N–H and O–H groups in total. The molecule has 0 fully saturated rings. The second-order valence-corrected chi connectivity index (χ2v) is 7.22. The monoisotopic (exact) mass is 411 g/mol. The van der Waals surface area contributed by atoms with Gasteiger partial charge in [0.05, 0.1) is 5.69 Å². The van der Waals surface area contributed by atoms with E-state index in [2.05, 4.69) is 11.1 Å². The zero-order chi connectivity index (χ0) is 21.1. The standard InChI is InChI=1S/C25H18ClN3O/c1-16-23(18-6-5-9-21(14-18)30-20-7-3-2-4-8-20)22(15-27)25(28)29-24(16)17-10-12-19(26)13-11-17/h2-14H,1H3,(H2,28,29). The number of para-hydroxylation sites is 1. The Hall–Kier alpha value is -3.81. The topological polar surface area (TPSA) is 71.9 Å². The molecule has 4 aromatic rings. The van der Waals surface area contributed by atoms with Crippen molar-refractivity contribution in [2.45, 2.75) is 6.92 Å². The molecule has 3 aromatic carbocycles. The highest BCUT2D eigenvalue weighted by Gasteiger charge is 2.18. The molecule has 0 aliphatic heterocycles. The van der Waals surface area contributed by atoms with E-state index in [9.17, 15) is 5.26 Å². The molecule has 0 spiro atoms. The van der Waals surface area contributed by atoms with E-state index >= 15 is 0 Å². The van der Waals surface area contributed by atoms with Crippen LogP contribution in [-0.2, 0) is 0 Å². The molecule has 0 bridgehead atoms. The summed E-state index contributed by atoms with van der Waals surface area (Å²) in [6.07, 6.45) is 0. The van der Waals surface area contributed by atoms with Gasteiger partial charge in [-0.05, 0) is 54.4 Å². The van der Waals surface area contributed by atoms with Crippen LogP contribution in [0.3, 0.4) is 0 Å².